The summed E-state index contributed by atoms with van der Waals surface area (Å²) in [7, 11) is 1.63. The zero-order valence-corrected chi connectivity index (χ0v) is 16.8. The molecule has 2 amide bonds. The lowest BCUT2D eigenvalue weighted by Crippen LogP contribution is -2.41. The SMILES string of the molecule is CC(=O)Nc1cccc(-c2cccc(C3(c4ccccc4)N=C(N)N(C)C3=O)c2)c1. The first-order chi connectivity index (χ1) is 14.4. The Balaban J connectivity index is 1.86. The average Bonchev–Trinajstić information content (AvgIpc) is 2.99. The summed E-state index contributed by atoms with van der Waals surface area (Å²) in [4.78, 5) is 30.8. The summed E-state index contributed by atoms with van der Waals surface area (Å²) in [6, 6.07) is 24.7. The number of carbonyl (C=O) groups is 2. The number of guanidine groups is 1. The Morgan fingerprint density at radius 3 is 2.20 bits per heavy atom. The lowest BCUT2D eigenvalue weighted by molar-refractivity contribution is -0.129. The van der Waals surface area contributed by atoms with Crippen molar-refractivity contribution in [3.05, 3.63) is 90.0 Å². The topological polar surface area (TPSA) is 87.8 Å². The molecule has 6 nitrogen and oxygen atoms in total. The van der Waals surface area contributed by atoms with Crippen molar-refractivity contribution in [3.63, 3.8) is 0 Å². The molecule has 0 saturated carbocycles. The van der Waals surface area contributed by atoms with Gasteiger partial charge in [0.15, 0.2) is 11.5 Å². The molecule has 3 aromatic rings. The number of nitrogens with one attached hydrogen (secondary N) is 1. The predicted molar refractivity (Wildman–Crippen MR) is 118 cm³/mol. The van der Waals surface area contributed by atoms with E-state index < -0.39 is 5.54 Å². The van der Waals surface area contributed by atoms with Gasteiger partial charge in [-0.25, -0.2) is 4.99 Å². The van der Waals surface area contributed by atoms with Gasteiger partial charge in [-0.3, -0.25) is 14.5 Å². The molecule has 1 atom stereocenters. The van der Waals surface area contributed by atoms with E-state index in [-0.39, 0.29) is 17.8 Å². The number of rotatable bonds is 4. The molecule has 1 aliphatic rings. The van der Waals surface area contributed by atoms with Crippen molar-refractivity contribution in [2.45, 2.75) is 12.5 Å². The second-order valence-electron chi connectivity index (χ2n) is 7.25. The number of anilines is 1. The predicted octanol–water partition coefficient (Wildman–Crippen LogP) is 3.34. The van der Waals surface area contributed by atoms with E-state index in [0.717, 1.165) is 22.3 Å². The third-order valence-corrected chi connectivity index (χ3v) is 5.23. The number of amides is 2. The van der Waals surface area contributed by atoms with Crippen LogP contribution in [-0.2, 0) is 15.1 Å². The second kappa shape index (κ2) is 7.48. The monoisotopic (exact) mass is 398 g/mol. The smallest absolute Gasteiger partial charge is 0.266 e. The molecule has 3 aromatic carbocycles. The van der Waals surface area contributed by atoms with Crippen molar-refractivity contribution in [1.82, 2.24) is 4.90 Å². The maximum Gasteiger partial charge on any atom is 0.266 e. The van der Waals surface area contributed by atoms with Crippen LogP contribution in [0.3, 0.4) is 0 Å². The molecular weight excluding hydrogens is 376 g/mol. The fourth-order valence-electron chi connectivity index (χ4n) is 3.77. The first-order valence-electron chi connectivity index (χ1n) is 9.59. The number of hydrogen-bond donors (Lipinski definition) is 2. The lowest BCUT2D eigenvalue weighted by atomic mass is 9.82. The van der Waals surface area contributed by atoms with E-state index in [1.807, 2.05) is 78.9 Å². The third-order valence-electron chi connectivity index (χ3n) is 5.23. The second-order valence-corrected chi connectivity index (χ2v) is 7.25. The number of nitrogens with two attached hydrogens (primary N) is 1. The van der Waals surface area contributed by atoms with E-state index in [2.05, 4.69) is 10.3 Å². The summed E-state index contributed by atoms with van der Waals surface area (Å²) >= 11 is 0. The first kappa shape index (κ1) is 19.4. The molecule has 0 radical (unpaired) electrons. The minimum Gasteiger partial charge on any atom is -0.369 e. The van der Waals surface area contributed by atoms with Crippen molar-refractivity contribution >= 4 is 23.5 Å². The van der Waals surface area contributed by atoms with Gasteiger partial charge in [0.25, 0.3) is 5.91 Å². The molecule has 1 unspecified atom stereocenters. The van der Waals surface area contributed by atoms with E-state index in [1.165, 1.54) is 11.8 Å². The zero-order chi connectivity index (χ0) is 21.3. The van der Waals surface area contributed by atoms with Crippen LogP contribution in [0.4, 0.5) is 5.69 Å². The number of benzene rings is 3. The number of carbonyl (C=O) groups excluding carboxylic acids is 2. The molecule has 0 saturated heterocycles. The van der Waals surface area contributed by atoms with Crippen LogP contribution < -0.4 is 11.1 Å². The fourth-order valence-corrected chi connectivity index (χ4v) is 3.77. The molecule has 0 bridgehead atoms. The zero-order valence-electron chi connectivity index (χ0n) is 16.8. The van der Waals surface area contributed by atoms with Gasteiger partial charge in [0, 0.05) is 19.7 Å². The van der Waals surface area contributed by atoms with Gasteiger partial charge in [0.05, 0.1) is 0 Å². The van der Waals surface area contributed by atoms with Crippen LogP contribution in [-0.4, -0.2) is 29.7 Å². The molecule has 30 heavy (non-hydrogen) atoms. The first-order valence-corrected chi connectivity index (χ1v) is 9.59. The summed E-state index contributed by atoms with van der Waals surface area (Å²) in [5, 5.41) is 2.80. The average molecular weight is 398 g/mol. The van der Waals surface area contributed by atoms with Crippen LogP contribution in [0.15, 0.2) is 83.9 Å². The van der Waals surface area contributed by atoms with E-state index >= 15 is 0 Å². The van der Waals surface area contributed by atoms with Crippen LogP contribution in [0, 0.1) is 0 Å². The van der Waals surface area contributed by atoms with E-state index in [9.17, 15) is 9.59 Å². The maximum absolute atomic E-state index is 13.3. The molecule has 4 rings (SSSR count). The Morgan fingerprint density at radius 2 is 1.57 bits per heavy atom. The molecule has 0 aliphatic carbocycles. The normalized spacial score (nSPS) is 18.3. The van der Waals surface area contributed by atoms with Crippen LogP contribution >= 0.6 is 0 Å². The number of aliphatic imine (C=N–C) groups is 1. The van der Waals surface area contributed by atoms with Crippen molar-refractivity contribution < 1.29 is 9.59 Å². The number of hydrogen-bond acceptors (Lipinski definition) is 4. The molecule has 150 valence electrons. The highest BCUT2D eigenvalue weighted by Crippen LogP contribution is 2.40. The Bertz CT molecular complexity index is 1160. The molecule has 0 fully saturated rings. The van der Waals surface area contributed by atoms with Crippen molar-refractivity contribution in [2.75, 3.05) is 12.4 Å². The molecule has 3 N–H and O–H groups in total. The summed E-state index contributed by atoms with van der Waals surface area (Å²) in [5.74, 6) is -0.148. The van der Waals surface area contributed by atoms with Crippen molar-refractivity contribution in [3.8, 4) is 11.1 Å². The molecule has 1 heterocycles. The Kier molecular flexibility index (Phi) is 4.83. The standard InChI is InChI=1S/C24H22N4O2/c1-16(29)26-21-13-7-9-18(15-21)17-8-6-12-20(14-17)24(19-10-4-3-5-11-19)22(30)28(2)23(25)27-24/h3-15H,1-2H3,(H2,25,27)(H,26,29). The van der Waals surface area contributed by atoms with Gasteiger partial charge >= 0.3 is 0 Å². The highest BCUT2D eigenvalue weighted by atomic mass is 16.2. The largest absolute Gasteiger partial charge is 0.369 e. The van der Waals surface area contributed by atoms with Gasteiger partial charge in [0.1, 0.15) is 0 Å². The van der Waals surface area contributed by atoms with Crippen LogP contribution in [0.5, 0.6) is 0 Å². The molecule has 0 aromatic heterocycles. The summed E-state index contributed by atoms with van der Waals surface area (Å²) < 4.78 is 0. The van der Waals surface area contributed by atoms with Gasteiger partial charge in [-0.05, 0) is 40.5 Å². The number of likely N-dealkylation sites (N-methyl/N-ethyl adjacent to an activating group) is 1. The Hall–Kier alpha value is -3.93. The van der Waals surface area contributed by atoms with Gasteiger partial charge in [-0.15, -0.1) is 0 Å². The maximum atomic E-state index is 13.3. The minimum atomic E-state index is -1.23. The third kappa shape index (κ3) is 3.22. The van der Waals surface area contributed by atoms with Gasteiger partial charge in [-0.2, -0.15) is 0 Å². The van der Waals surface area contributed by atoms with E-state index in [4.69, 9.17) is 5.73 Å². The Labute approximate surface area is 175 Å². The van der Waals surface area contributed by atoms with Crippen LogP contribution in [0.2, 0.25) is 0 Å². The summed E-state index contributed by atoms with van der Waals surface area (Å²) in [6.07, 6.45) is 0. The highest BCUT2D eigenvalue weighted by Gasteiger charge is 2.49. The lowest BCUT2D eigenvalue weighted by Gasteiger charge is -2.26. The molecule has 1 aliphatic heterocycles. The van der Waals surface area contributed by atoms with Crippen LogP contribution in [0.1, 0.15) is 18.1 Å². The van der Waals surface area contributed by atoms with Gasteiger partial charge in [0.2, 0.25) is 5.91 Å². The summed E-state index contributed by atoms with van der Waals surface area (Å²) in [6.45, 7) is 1.47. The van der Waals surface area contributed by atoms with Crippen molar-refractivity contribution in [1.29, 1.82) is 0 Å². The highest BCUT2D eigenvalue weighted by molar-refractivity contribution is 6.09. The quantitative estimate of drug-likeness (QED) is 0.707. The van der Waals surface area contributed by atoms with E-state index in [0.29, 0.717) is 5.69 Å². The van der Waals surface area contributed by atoms with Gasteiger partial charge < -0.3 is 11.1 Å². The molecule has 0 spiro atoms. The number of nitrogens with zero attached hydrogens (tertiary/aromatic N) is 2. The van der Waals surface area contributed by atoms with Gasteiger partial charge in [-0.1, -0.05) is 60.7 Å². The fraction of sp³-hybridized carbons (Fsp3) is 0.125. The minimum absolute atomic E-state index is 0.131. The molecule has 6 heteroatoms. The Morgan fingerprint density at radius 1 is 0.933 bits per heavy atom. The summed E-state index contributed by atoms with van der Waals surface area (Å²) in [5.41, 5.74) is 8.84. The van der Waals surface area contributed by atoms with Crippen LogP contribution in [0.25, 0.3) is 11.1 Å². The van der Waals surface area contributed by atoms with E-state index in [1.54, 1.807) is 7.05 Å². The van der Waals surface area contributed by atoms with Crippen molar-refractivity contribution in [2.24, 2.45) is 10.7 Å². The molecular formula is C24H22N4O2.